The largest absolute Gasteiger partial charge is 0.308 e. The molecule has 0 aliphatic heterocycles. The molecule has 294 valence electrons. The minimum absolute atomic E-state index is 0.622. The maximum Gasteiger partial charge on any atom is 0.164 e. The van der Waals surface area contributed by atoms with Crippen molar-refractivity contribution >= 4 is 75.1 Å². The zero-order chi connectivity index (χ0) is 41.4. The minimum Gasteiger partial charge on any atom is -0.308 e. The Morgan fingerprint density at radius 2 is 0.683 bits per heavy atom. The topological polar surface area (TPSA) is 48.5 Å². The summed E-state index contributed by atoms with van der Waals surface area (Å²) in [7, 11) is 0. The molecule has 0 atom stereocenters. The maximum absolute atomic E-state index is 5.18. The molecule has 13 rings (SSSR count). The van der Waals surface area contributed by atoms with Crippen molar-refractivity contribution in [1.29, 1.82) is 0 Å². The number of nitrogens with zero attached hydrogens (tertiary/aromatic N) is 5. The van der Waals surface area contributed by atoms with E-state index in [2.05, 4.69) is 197 Å². The van der Waals surface area contributed by atoms with Crippen LogP contribution in [-0.4, -0.2) is 24.1 Å². The second-order valence-electron chi connectivity index (χ2n) is 16.0. The van der Waals surface area contributed by atoms with E-state index in [1.165, 1.54) is 63.8 Å². The van der Waals surface area contributed by atoms with Crippen LogP contribution >= 0.6 is 11.3 Å². The number of fused-ring (bicyclic) bond motifs is 11. The van der Waals surface area contributed by atoms with Crippen LogP contribution < -0.4 is 0 Å². The summed E-state index contributed by atoms with van der Waals surface area (Å²) >= 11 is 1.89. The number of aromatic nitrogens is 5. The highest BCUT2D eigenvalue weighted by molar-refractivity contribution is 7.27. The fourth-order valence-electron chi connectivity index (χ4n) is 9.48. The Kier molecular flexibility index (Phi) is 8.01. The standard InChI is InChI=1S/C57H35N5S/c1-4-15-36(16-5-1)37-27-29-39(30-28-37)56-58-55(38-17-6-2-7-18-38)59-57(60-56)40-19-14-22-42(35-40)62-50-26-13-11-24-44(50)46-32-34-48-47-33-31-45-43-23-10-12-25-49(43)61(41-20-8-3-9-21-41)51(45)53(47)63-54(48)52(46)62/h1-35H. The van der Waals surface area contributed by atoms with E-state index >= 15 is 0 Å². The number of para-hydroxylation sites is 3. The summed E-state index contributed by atoms with van der Waals surface area (Å²) in [6.07, 6.45) is 0. The van der Waals surface area contributed by atoms with Gasteiger partial charge in [0.2, 0.25) is 0 Å². The van der Waals surface area contributed by atoms with Gasteiger partial charge in [-0.25, -0.2) is 15.0 Å². The van der Waals surface area contributed by atoms with Gasteiger partial charge < -0.3 is 9.13 Å². The van der Waals surface area contributed by atoms with Crippen LogP contribution in [0.1, 0.15) is 0 Å². The molecule has 5 nitrogen and oxygen atoms in total. The second-order valence-corrected chi connectivity index (χ2v) is 17.0. The average Bonchev–Trinajstić information content (AvgIpc) is 4.03. The zero-order valence-corrected chi connectivity index (χ0v) is 34.7. The van der Waals surface area contributed by atoms with Crippen molar-refractivity contribution in [3.05, 3.63) is 212 Å². The molecule has 0 aliphatic carbocycles. The Hall–Kier alpha value is -8.19. The number of rotatable bonds is 6. The molecule has 4 heterocycles. The van der Waals surface area contributed by atoms with Gasteiger partial charge in [-0.2, -0.15) is 0 Å². The van der Waals surface area contributed by atoms with Crippen LogP contribution in [-0.2, 0) is 0 Å². The molecule has 0 unspecified atom stereocenters. The lowest BCUT2D eigenvalue weighted by Crippen LogP contribution is -2.01. The minimum atomic E-state index is 0.622. The molecule has 0 spiro atoms. The van der Waals surface area contributed by atoms with Gasteiger partial charge in [0, 0.05) is 60.4 Å². The van der Waals surface area contributed by atoms with Crippen molar-refractivity contribution in [3.63, 3.8) is 0 Å². The molecule has 4 aromatic heterocycles. The van der Waals surface area contributed by atoms with Crippen molar-refractivity contribution < 1.29 is 0 Å². The van der Waals surface area contributed by atoms with E-state index < -0.39 is 0 Å². The van der Waals surface area contributed by atoms with Crippen LogP contribution in [0, 0.1) is 0 Å². The molecule has 0 saturated heterocycles. The van der Waals surface area contributed by atoms with Crippen LogP contribution in [0.2, 0.25) is 0 Å². The van der Waals surface area contributed by atoms with Crippen LogP contribution in [0.15, 0.2) is 212 Å². The lowest BCUT2D eigenvalue weighted by molar-refractivity contribution is 1.07. The molecule has 63 heavy (non-hydrogen) atoms. The van der Waals surface area contributed by atoms with Crippen LogP contribution in [0.5, 0.6) is 0 Å². The van der Waals surface area contributed by atoms with Crippen molar-refractivity contribution in [2.45, 2.75) is 0 Å². The molecule has 6 heteroatoms. The second kappa shape index (κ2) is 14.2. The van der Waals surface area contributed by atoms with Gasteiger partial charge in [0.05, 0.1) is 31.5 Å². The van der Waals surface area contributed by atoms with E-state index in [9.17, 15) is 0 Å². The predicted molar refractivity (Wildman–Crippen MR) is 263 cm³/mol. The molecule has 9 aromatic carbocycles. The van der Waals surface area contributed by atoms with Gasteiger partial charge >= 0.3 is 0 Å². The molecule has 0 radical (unpaired) electrons. The summed E-state index contributed by atoms with van der Waals surface area (Å²) in [6.45, 7) is 0. The van der Waals surface area contributed by atoms with Gasteiger partial charge in [-0.3, -0.25) is 0 Å². The maximum atomic E-state index is 5.18. The molecule has 0 saturated carbocycles. The van der Waals surface area contributed by atoms with E-state index in [4.69, 9.17) is 15.0 Å². The van der Waals surface area contributed by atoms with E-state index in [0.29, 0.717) is 17.5 Å². The highest BCUT2D eigenvalue weighted by Gasteiger charge is 2.22. The highest BCUT2D eigenvalue weighted by Crippen LogP contribution is 2.47. The summed E-state index contributed by atoms with van der Waals surface area (Å²) in [5.74, 6) is 1.89. The SMILES string of the molecule is c1ccc(-c2ccc(-c3nc(-c4ccccc4)nc(-c4cccc(-n5c6ccccc6c6ccc7c8ccc9c%10ccccc%10n(-c%10ccccc%10)c9c8sc7c65)c4)n3)cc2)cc1. The Morgan fingerprint density at radius 3 is 1.27 bits per heavy atom. The molecule has 0 bridgehead atoms. The van der Waals surface area contributed by atoms with Gasteiger partial charge in [0.25, 0.3) is 0 Å². The fraction of sp³-hybridized carbons (Fsp3) is 0. The lowest BCUT2D eigenvalue weighted by Gasteiger charge is -2.12. The smallest absolute Gasteiger partial charge is 0.164 e. The third-order valence-corrected chi connectivity index (χ3v) is 13.6. The molecule has 0 amide bonds. The molecule has 0 aliphatic rings. The third-order valence-electron chi connectivity index (χ3n) is 12.4. The summed E-state index contributed by atoms with van der Waals surface area (Å²) < 4.78 is 7.43. The van der Waals surface area contributed by atoms with Gasteiger partial charge in [0.15, 0.2) is 17.5 Å². The Bertz CT molecular complexity index is 3890. The van der Waals surface area contributed by atoms with E-state index in [-0.39, 0.29) is 0 Å². The zero-order valence-electron chi connectivity index (χ0n) is 33.9. The first-order valence-corrected chi connectivity index (χ1v) is 22.0. The summed E-state index contributed by atoms with van der Waals surface area (Å²) in [5, 5.41) is 7.47. The number of thiophene rings is 1. The Morgan fingerprint density at radius 1 is 0.286 bits per heavy atom. The van der Waals surface area contributed by atoms with Gasteiger partial charge in [-0.1, -0.05) is 176 Å². The first kappa shape index (κ1) is 35.6. The quantitative estimate of drug-likeness (QED) is 0.168. The van der Waals surface area contributed by atoms with Crippen LogP contribution in [0.3, 0.4) is 0 Å². The number of benzene rings is 9. The van der Waals surface area contributed by atoms with Crippen molar-refractivity contribution in [2.24, 2.45) is 0 Å². The van der Waals surface area contributed by atoms with Crippen molar-refractivity contribution in [2.75, 3.05) is 0 Å². The Labute approximate surface area is 366 Å². The third kappa shape index (κ3) is 5.66. The number of hydrogen-bond donors (Lipinski definition) is 0. The van der Waals surface area contributed by atoms with Gasteiger partial charge in [-0.15, -0.1) is 11.3 Å². The lowest BCUT2D eigenvalue weighted by atomic mass is 10.0. The van der Waals surface area contributed by atoms with E-state index in [1.807, 2.05) is 35.6 Å². The van der Waals surface area contributed by atoms with E-state index in [0.717, 1.165) is 39.1 Å². The normalized spacial score (nSPS) is 11.8. The molecule has 0 N–H and O–H groups in total. The highest BCUT2D eigenvalue weighted by atomic mass is 32.1. The average molecular weight is 822 g/mol. The Balaban J connectivity index is 1.03. The van der Waals surface area contributed by atoms with Crippen molar-refractivity contribution in [1.82, 2.24) is 24.1 Å². The predicted octanol–water partition coefficient (Wildman–Crippen LogP) is 15.1. The fourth-order valence-corrected chi connectivity index (χ4v) is 10.9. The molecule has 0 fully saturated rings. The summed E-state index contributed by atoms with van der Waals surface area (Å²) in [5.41, 5.74) is 12.1. The first-order valence-electron chi connectivity index (χ1n) is 21.2. The van der Waals surface area contributed by atoms with Crippen LogP contribution in [0.4, 0.5) is 0 Å². The van der Waals surface area contributed by atoms with Gasteiger partial charge in [-0.05, 0) is 47.5 Å². The first-order chi connectivity index (χ1) is 31.2. The van der Waals surface area contributed by atoms with Crippen molar-refractivity contribution in [3.8, 4) is 56.7 Å². The van der Waals surface area contributed by atoms with Gasteiger partial charge in [0.1, 0.15) is 0 Å². The van der Waals surface area contributed by atoms with E-state index in [1.54, 1.807) is 0 Å². The molecule has 13 aromatic rings. The number of hydrogen-bond acceptors (Lipinski definition) is 4. The molecular weight excluding hydrogens is 787 g/mol. The monoisotopic (exact) mass is 821 g/mol. The summed E-state index contributed by atoms with van der Waals surface area (Å²) in [6, 6.07) is 75.4. The van der Waals surface area contributed by atoms with Crippen LogP contribution in [0.25, 0.3) is 120 Å². The summed E-state index contributed by atoms with van der Waals surface area (Å²) in [4.78, 5) is 15.4. The molecular formula is C57H35N5S.